The minimum Gasteiger partial charge on any atom is -0.472 e. The molecular weight excluding hydrogens is 410 g/mol. The molecule has 3 aromatic heterocycles. The number of aryl methyl sites for hydroxylation is 2. The fourth-order valence-electron chi connectivity index (χ4n) is 3.70. The van der Waals surface area contributed by atoms with Gasteiger partial charge in [-0.05, 0) is 64.7 Å². The van der Waals surface area contributed by atoms with Gasteiger partial charge in [0.05, 0.1) is 11.2 Å². The highest BCUT2D eigenvalue weighted by molar-refractivity contribution is 5.92. The Labute approximate surface area is 186 Å². The number of aliphatic hydroxyl groups is 1. The highest BCUT2D eigenvalue weighted by Gasteiger charge is 2.29. The van der Waals surface area contributed by atoms with Gasteiger partial charge in [-0.3, -0.25) is 9.78 Å². The lowest BCUT2D eigenvalue weighted by Gasteiger charge is -2.33. The number of ether oxygens (including phenoxy) is 1. The Morgan fingerprint density at radius 1 is 1.22 bits per heavy atom. The molecule has 0 saturated heterocycles. The molecule has 3 aromatic rings. The second kappa shape index (κ2) is 9.04. The largest absolute Gasteiger partial charge is 0.472 e. The summed E-state index contributed by atoms with van der Waals surface area (Å²) in [6, 6.07) is 7.08. The number of carbonyl (C=O) groups is 1. The monoisotopic (exact) mass is 437 g/mol. The zero-order chi connectivity index (χ0) is 22.7. The van der Waals surface area contributed by atoms with Crippen molar-refractivity contribution in [2.45, 2.75) is 64.7 Å². The first kappa shape index (κ1) is 21.9. The molecule has 1 aliphatic carbocycles. The molecule has 0 aromatic carbocycles. The van der Waals surface area contributed by atoms with Crippen LogP contribution in [0, 0.1) is 13.8 Å². The Bertz CT molecular complexity index is 1070. The molecule has 4 rings (SSSR count). The first-order valence-electron chi connectivity index (χ1n) is 10.7. The number of nitrogens with zero attached hydrogens (tertiary/aromatic N) is 4. The molecule has 3 heterocycles. The van der Waals surface area contributed by atoms with Gasteiger partial charge in [-0.15, -0.1) is 10.2 Å². The van der Waals surface area contributed by atoms with Gasteiger partial charge < -0.3 is 19.7 Å². The third-order valence-electron chi connectivity index (χ3n) is 5.80. The zero-order valence-electron chi connectivity index (χ0n) is 18.5. The van der Waals surface area contributed by atoms with Gasteiger partial charge in [-0.1, -0.05) is 5.16 Å². The average molecular weight is 438 g/mol. The van der Waals surface area contributed by atoms with Crippen LogP contribution in [0.15, 0.2) is 35.0 Å². The van der Waals surface area contributed by atoms with Crippen molar-refractivity contribution in [1.82, 2.24) is 25.7 Å². The summed E-state index contributed by atoms with van der Waals surface area (Å²) in [5.74, 6) is 0.666. The molecule has 1 aliphatic rings. The molecule has 168 valence electrons. The number of hydrogen-bond donors (Lipinski definition) is 2. The maximum atomic E-state index is 12.5. The maximum Gasteiger partial charge on any atom is 0.272 e. The summed E-state index contributed by atoms with van der Waals surface area (Å²) in [7, 11) is 0. The van der Waals surface area contributed by atoms with Crippen molar-refractivity contribution in [3.05, 3.63) is 53.2 Å². The van der Waals surface area contributed by atoms with Gasteiger partial charge in [-0.25, -0.2) is 0 Å². The number of carbonyl (C=O) groups excluding carboxylic acids is 1. The molecule has 0 atom stereocenters. The van der Waals surface area contributed by atoms with Gasteiger partial charge in [-0.2, -0.15) is 0 Å². The van der Waals surface area contributed by atoms with Gasteiger partial charge in [0.2, 0.25) is 5.88 Å². The lowest BCUT2D eigenvalue weighted by Crippen LogP contribution is -2.42. The Morgan fingerprint density at radius 3 is 2.66 bits per heavy atom. The smallest absolute Gasteiger partial charge is 0.272 e. The van der Waals surface area contributed by atoms with Crippen LogP contribution in [0.25, 0.3) is 11.3 Å². The minimum absolute atomic E-state index is 0.0340. The van der Waals surface area contributed by atoms with E-state index in [-0.39, 0.29) is 24.2 Å². The third kappa shape index (κ3) is 5.11. The van der Waals surface area contributed by atoms with Gasteiger partial charge in [0, 0.05) is 29.6 Å². The molecule has 9 nitrogen and oxygen atoms in total. The number of hydrogen-bond acceptors (Lipinski definition) is 8. The van der Waals surface area contributed by atoms with Crippen LogP contribution in [-0.2, 0) is 6.61 Å². The Hall–Kier alpha value is -3.33. The lowest BCUT2D eigenvalue weighted by atomic mass is 9.83. The van der Waals surface area contributed by atoms with Crippen molar-refractivity contribution in [3.8, 4) is 17.1 Å². The molecule has 0 spiro atoms. The highest BCUT2D eigenvalue weighted by atomic mass is 16.5. The minimum atomic E-state index is -0.640. The van der Waals surface area contributed by atoms with Gasteiger partial charge in [0.1, 0.15) is 18.1 Å². The van der Waals surface area contributed by atoms with E-state index < -0.39 is 5.60 Å². The number of aromatic nitrogens is 4. The van der Waals surface area contributed by atoms with Crippen molar-refractivity contribution in [1.29, 1.82) is 0 Å². The molecule has 1 fully saturated rings. The summed E-state index contributed by atoms with van der Waals surface area (Å²) < 4.78 is 11.1. The van der Waals surface area contributed by atoms with E-state index in [1.165, 1.54) is 0 Å². The first-order valence-corrected chi connectivity index (χ1v) is 10.7. The van der Waals surface area contributed by atoms with Crippen LogP contribution in [0.1, 0.15) is 60.1 Å². The topological polar surface area (TPSA) is 123 Å². The van der Waals surface area contributed by atoms with Crippen molar-refractivity contribution < 1.29 is 19.2 Å². The summed E-state index contributed by atoms with van der Waals surface area (Å²) in [6.07, 6.45) is 4.56. The summed E-state index contributed by atoms with van der Waals surface area (Å²) in [6.45, 7) is 5.77. The van der Waals surface area contributed by atoms with Crippen LogP contribution < -0.4 is 10.1 Å². The van der Waals surface area contributed by atoms with Crippen molar-refractivity contribution in [3.63, 3.8) is 0 Å². The predicted molar refractivity (Wildman–Crippen MR) is 116 cm³/mol. The van der Waals surface area contributed by atoms with Crippen LogP contribution in [0.2, 0.25) is 0 Å². The lowest BCUT2D eigenvalue weighted by molar-refractivity contribution is 0.0140. The summed E-state index contributed by atoms with van der Waals surface area (Å²) in [5.41, 5.74) is 2.81. The predicted octanol–water partition coefficient (Wildman–Crippen LogP) is 3.15. The average Bonchev–Trinajstić information content (AvgIpc) is 3.15. The van der Waals surface area contributed by atoms with Crippen LogP contribution >= 0.6 is 0 Å². The standard InChI is InChI=1S/C23H27N5O4/c1-14-4-5-16(12-24-14)21-18(15(2)32-28-21)13-31-20-7-6-19(26-27-20)22(29)25-17-8-10-23(3,30)11-9-17/h4-7,12,17,30H,8-11,13H2,1-3H3,(H,25,29)/t17-,23+. The molecule has 0 aliphatic heterocycles. The Kier molecular flexibility index (Phi) is 6.18. The second-order valence-corrected chi connectivity index (χ2v) is 8.54. The second-order valence-electron chi connectivity index (χ2n) is 8.54. The summed E-state index contributed by atoms with van der Waals surface area (Å²) in [4.78, 5) is 16.8. The molecule has 0 unspecified atom stereocenters. The van der Waals surface area contributed by atoms with Crippen LogP contribution in [-0.4, -0.2) is 43.0 Å². The summed E-state index contributed by atoms with van der Waals surface area (Å²) >= 11 is 0. The molecule has 2 N–H and O–H groups in total. The normalized spacial score (nSPS) is 20.7. The van der Waals surface area contributed by atoms with Crippen molar-refractivity contribution in [2.24, 2.45) is 0 Å². The van der Waals surface area contributed by atoms with E-state index in [4.69, 9.17) is 9.26 Å². The Balaban J connectivity index is 1.36. The molecular formula is C23H27N5O4. The fraction of sp³-hybridized carbons (Fsp3) is 0.435. The zero-order valence-corrected chi connectivity index (χ0v) is 18.5. The van der Waals surface area contributed by atoms with E-state index in [2.05, 4.69) is 25.7 Å². The van der Waals surface area contributed by atoms with Crippen LogP contribution in [0.3, 0.4) is 0 Å². The van der Waals surface area contributed by atoms with E-state index >= 15 is 0 Å². The first-order chi connectivity index (χ1) is 15.3. The van der Waals surface area contributed by atoms with Crippen molar-refractivity contribution in [2.75, 3.05) is 0 Å². The molecule has 0 bridgehead atoms. The van der Waals surface area contributed by atoms with Gasteiger partial charge in [0.25, 0.3) is 5.91 Å². The van der Waals surface area contributed by atoms with Crippen LogP contribution in [0.4, 0.5) is 0 Å². The highest BCUT2D eigenvalue weighted by Crippen LogP contribution is 2.28. The fourth-order valence-corrected chi connectivity index (χ4v) is 3.70. The molecule has 1 saturated carbocycles. The number of rotatable bonds is 6. The van der Waals surface area contributed by atoms with E-state index in [1.54, 1.807) is 18.3 Å². The Morgan fingerprint density at radius 2 is 2.00 bits per heavy atom. The molecule has 1 amide bonds. The third-order valence-corrected chi connectivity index (χ3v) is 5.80. The molecule has 0 radical (unpaired) electrons. The van der Waals surface area contributed by atoms with E-state index in [1.807, 2.05) is 32.9 Å². The maximum absolute atomic E-state index is 12.5. The molecule has 9 heteroatoms. The number of nitrogens with one attached hydrogen (secondary N) is 1. The number of pyridine rings is 1. The van der Waals surface area contributed by atoms with E-state index in [0.29, 0.717) is 30.2 Å². The van der Waals surface area contributed by atoms with E-state index in [0.717, 1.165) is 29.7 Å². The van der Waals surface area contributed by atoms with Crippen LogP contribution in [0.5, 0.6) is 5.88 Å². The SMILES string of the molecule is Cc1ccc(-c2noc(C)c2COc2ccc(C(=O)N[C@H]3CC[C@@](C)(O)CC3)nn2)cn1. The quantitative estimate of drug-likeness (QED) is 0.603. The van der Waals surface area contributed by atoms with Gasteiger partial charge >= 0.3 is 0 Å². The number of amides is 1. The molecule has 32 heavy (non-hydrogen) atoms. The van der Waals surface area contributed by atoms with Crippen molar-refractivity contribution >= 4 is 5.91 Å². The van der Waals surface area contributed by atoms with Gasteiger partial charge in [0.15, 0.2) is 5.69 Å². The van der Waals surface area contributed by atoms with E-state index in [9.17, 15) is 9.90 Å². The summed E-state index contributed by atoms with van der Waals surface area (Å²) in [5, 5.41) is 25.2.